The zero-order chi connectivity index (χ0) is 15.8. The Morgan fingerprint density at radius 2 is 2.10 bits per heavy atom. The van der Waals surface area contributed by atoms with Crippen LogP contribution in [0.5, 0.6) is 0 Å². The van der Waals surface area contributed by atoms with Crippen LogP contribution in [0.3, 0.4) is 0 Å². The van der Waals surface area contributed by atoms with Crippen LogP contribution in [0.4, 0.5) is 15.8 Å². The summed E-state index contributed by atoms with van der Waals surface area (Å²) in [5, 5.41) is 10.6. The van der Waals surface area contributed by atoms with Crippen molar-refractivity contribution in [3.63, 3.8) is 0 Å². The van der Waals surface area contributed by atoms with Crippen LogP contribution < -0.4 is 10.5 Å². The first-order valence-electron chi connectivity index (χ1n) is 6.48. The summed E-state index contributed by atoms with van der Waals surface area (Å²) in [7, 11) is -4.16. The van der Waals surface area contributed by atoms with Crippen molar-refractivity contribution < 1.29 is 17.7 Å². The minimum atomic E-state index is -4.16. The van der Waals surface area contributed by atoms with E-state index in [1.807, 2.05) is 0 Å². The average Bonchev–Trinajstić information content (AvgIpc) is 2.23. The van der Waals surface area contributed by atoms with Gasteiger partial charge >= 0.3 is 0 Å². The predicted octanol–water partition coefficient (Wildman–Crippen LogP) is 1.78. The van der Waals surface area contributed by atoms with Crippen LogP contribution in [-0.2, 0) is 10.0 Å². The number of anilines is 1. The molecule has 3 N–H and O–H groups in total. The van der Waals surface area contributed by atoms with Crippen LogP contribution in [0.2, 0.25) is 0 Å². The summed E-state index contributed by atoms with van der Waals surface area (Å²) >= 11 is 0. The smallest absolute Gasteiger partial charge is 0.274 e. The van der Waals surface area contributed by atoms with E-state index in [4.69, 9.17) is 5.73 Å². The molecular formula is C12H16FN3O4S. The van der Waals surface area contributed by atoms with Crippen molar-refractivity contribution in [3.8, 4) is 0 Å². The van der Waals surface area contributed by atoms with Gasteiger partial charge in [0.15, 0.2) is 5.82 Å². The standard InChI is InChI=1S/C12H16FN3O4S/c1-7(8-3-2-4-8)15-21(19,20)12-10(13)5-9(16(17)18)6-11(12)14/h5-8,15H,2-4,14H2,1H3. The van der Waals surface area contributed by atoms with Gasteiger partial charge in [-0.05, 0) is 25.7 Å². The summed E-state index contributed by atoms with van der Waals surface area (Å²) in [6, 6.07) is 1.06. The molecule has 1 aliphatic carbocycles. The second kappa shape index (κ2) is 5.57. The molecule has 0 spiro atoms. The van der Waals surface area contributed by atoms with Gasteiger partial charge in [0.2, 0.25) is 10.0 Å². The summed E-state index contributed by atoms with van der Waals surface area (Å²) in [6.07, 6.45) is 2.88. The summed E-state index contributed by atoms with van der Waals surface area (Å²) in [6.45, 7) is 1.71. The van der Waals surface area contributed by atoms with Crippen molar-refractivity contribution in [2.24, 2.45) is 5.92 Å². The average molecular weight is 317 g/mol. The number of nitro groups is 1. The lowest BCUT2D eigenvalue weighted by Crippen LogP contribution is -2.41. The van der Waals surface area contributed by atoms with Gasteiger partial charge in [-0.3, -0.25) is 10.1 Å². The number of nitrogens with two attached hydrogens (primary N) is 1. The molecule has 0 bridgehead atoms. The van der Waals surface area contributed by atoms with Crippen molar-refractivity contribution in [2.75, 3.05) is 5.73 Å². The highest BCUT2D eigenvalue weighted by molar-refractivity contribution is 7.89. The van der Waals surface area contributed by atoms with Crippen LogP contribution in [0.15, 0.2) is 17.0 Å². The quantitative estimate of drug-likeness (QED) is 0.488. The molecule has 1 unspecified atom stereocenters. The van der Waals surface area contributed by atoms with Gasteiger partial charge in [0.1, 0.15) is 4.90 Å². The Morgan fingerprint density at radius 1 is 1.48 bits per heavy atom. The minimum Gasteiger partial charge on any atom is -0.397 e. The van der Waals surface area contributed by atoms with Crippen LogP contribution >= 0.6 is 0 Å². The molecule has 0 amide bonds. The molecule has 1 atom stereocenters. The van der Waals surface area contributed by atoms with Crippen LogP contribution in [-0.4, -0.2) is 19.4 Å². The van der Waals surface area contributed by atoms with Gasteiger partial charge in [-0.2, -0.15) is 0 Å². The van der Waals surface area contributed by atoms with Gasteiger partial charge in [-0.15, -0.1) is 0 Å². The SMILES string of the molecule is CC(NS(=O)(=O)c1c(N)cc([N+](=O)[O-])cc1F)C1CCC1. The largest absolute Gasteiger partial charge is 0.397 e. The first kappa shape index (κ1) is 15.6. The number of non-ortho nitro benzene ring substituents is 1. The van der Waals surface area contributed by atoms with E-state index in [0.29, 0.717) is 6.07 Å². The molecule has 2 rings (SSSR count). The maximum absolute atomic E-state index is 13.9. The lowest BCUT2D eigenvalue weighted by Gasteiger charge is -2.31. The number of hydrogen-bond acceptors (Lipinski definition) is 5. The van der Waals surface area contributed by atoms with Gasteiger partial charge in [0, 0.05) is 12.1 Å². The van der Waals surface area contributed by atoms with Gasteiger partial charge in [-0.1, -0.05) is 6.42 Å². The first-order chi connectivity index (χ1) is 9.72. The highest BCUT2D eigenvalue weighted by Gasteiger charge is 2.31. The number of sulfonamides is 1. The summed E-state index contributed by atoms with van der Waals surface area (Å²) in [5.41, 5.74) is 4.42. The Labute approximate surface area is 121 Å². The van der Waals surface area contributed by atoms with Crippen molar-refractivity contribution >= 4 is 21.4 Å². The summed E-state index contributed by atoms with van der Waals surface area (Å²) < 4.78 is 40.7. The number of hydrogen-bond donors (Lipinski definition) is 2. The van der Waals surface area contributed by atoms with E-state index in [-0.39, 0.29) is 12.0 Å². The van der Waals surface area contributed by atoms with E-state index in [1.165, 1.54) is 0 Å². The Bertz CT molecular complexity index is 650. The Hall–Kier alpha value is -1.74. The molecule has 0 aromatic heterocycles. The van der Waals surface area contributed by atoms with Gasteiger partial charge in [0.05, 0.1) is 16.7 Å². The van der Waals surface area contributed by atoms with Gasteiger partial charge < -0.3 is 5.73 Å². The number of nitrogen functional groups attached to an aromatic ring is 1. The monoisotopic (exact) mass is 317 g/mol. The molecule has 9 heteroatoms. The van der Waals surface area contributed by atoms with Crippen LogP contribution in [0.25, 0.3) is 0 Å². The molecule has 1 aromatic rings. The molecular weight excluding hydrogens is 301 g/mol. The lowest BCUT2D eigenvalue weighted by molar-refractivity contribution is -0.385. The summed E-state index contributed by atoms with van der Waals surface area (Å²) in [5.74, 6) is -1.00. The molecule has 0 saturated heterocycles. The van der Waals surface area contributed by atoms with Crippen molar-refractivity contribution in [1.29, 1.82) is 0 Å². The lowest BCUT2D eigenvalue weighted by atomic mass is 9.81. The maximum Gasteiger partial charge on any atom is 0.274 e. The van der Waals surface area contributed by atoms with E-state index in [1.54, 1.807) is 6.92 Å². The molecule has 7 nitrogen and oxygen atoms in total. The van der Waals surface area contributed by atoms with Crippen molar-refractivity contribution in [3.05, 3.63) is 28.1 Å². The number of rotatable bonds is 5. The fourth-order valence-corrected chi connectivity index (χ4v) is 3.81. The van der Waals surface area contributed by atoms with E-state index >= 15 is 0 Å². The molecule has 21 heavy (non-hydrogen) atoms. The van der Waals surface area contributed by atoms with Crippen molar-refractivity contribution in [2.45, 2.75) is 37.1 Å². The number of halogens is 1. The number of nitrogens with zero attached hydrogens (tertiary/aromatic N) is 1. The third-order valence-electron chi connectivity index (χ3n) is 3.73. The van der Waals surface area contributed by atoms with E-state index in [0.717, 1.165) is 25.3 Å². The molecule has 0 aliphatic heterocycles. The first-order valence-corrected chi connectivity index (χ1v) is 7.96. The molecule has 0 heterocycles. The second-order valence-corrected chi connectivity index (χ2v) is 6.85. The number of nitro benzene ring substituents is 1. The third kappa shape index (κ3) is 3.13. The van der Waals surface area contributed by atoms with Crippen molar-refractivity contribution in [1.82, 2.24) is 4.72 Å². The topological polar surface area (TPSA) is 115 Å². The fraction of sp³-hybridized carbons (Fsp3) is 0.500. The minimum absolute atomic E-state index is 0.224. The third-order valence-corrected chi connectivity index (χ3v) is 5.38. The van der Waals surface area contributed by atoms with Gasteiger partial charge in [0.25, 0.3) is 5.69 Å². The van der Waals surface area contributed by atoms with Crippen LogP contribution in [0.1, 0.15) is 26.2 Å². The molecule has 1 aromatic carbocycles. The zero-order valence-electron chi connectivity index (χ0n) is 11.4. The number of nitrogens with one attached hydrogen (secondary N) is 1. The normalized spacial score (nSPS) is 17.2. The highest BCUT2D eigenvalue weighted by Crippen LogP contribution is 2.32. The Morgan fingerprint density at radius 3 is 2.52 bits per heavy atom. The molecule has 0 radical (unpaired) electrons. The van der Waals surface area contributed by atoms with E-state index < -0.39 is 37.0 Å². The number of benzene rings is 1. The van der Waals surface area contributed by atoms with Crippen LogP contribution in [0, 0.1) is 21.8 Å². The fourth-order valence-electron chi connectivity index (χ4n) is 2.33. The zero-order valence-corrected chi connectivity index (χ0v) is 12.2. The molecule has 1 fully saturated rings. The van der Waals surface area contributed by atoms with Gasteiger partial charge in [-0.25, -0.2) is 17.5 Å². The van der Waals surface area contributed by atoms with E-state index in [9.17, 15) is 22.9 Å². The molecule has 1 saturated carbocycles. The molecule has 116 valence electrons. The second-order valence-electron chi connectivity index (χ2n) is 5.20. The summed E-state index contributed by atoms with van der Waals surface area (Å²) in [4.78, 5) is 9.03. The molecule has 1 aliphatic rings. The Balaban J connectivity index is 2.33. The Kier molecular flexibility index (Phi) is 4.15. The van der Waals surface area contributed by atoms with E-state index in [2.05, 4.69) is 4.72 Å². The predicted molar refractivity (Wildman–Crippen MR) is 74.6 cm³/mol. The highest BCUT2D eigenvalue weighted by atomic mass is 32.2. The maximum atomic E-state index is 13.9.